The van der Waals surface area contributed by atoms with E-state index in [-0.39, 0.29) is 11.3 Å². The molecule has 0 spiro atoms. The molecular formula is C13H9N3O2. The van der Waals surface area contributed by atoms with Crippen LogP contribution in [-0.2, 0) is 0 Å². The third kappa shape index (κ3) is 2.04. The molecule has 0 N–H and O–H groups in total. The van der Waals surface area contributed by atoms with Gasteiger partial charge in [0.25, 0.3) is 5.69 Å². The number of benzene rings is 1. The number of nitro benzene ring substituents is 1. The van der Waals surface area contributed by atoms with Gasteiger partial charge < -0.3 is 0 Å². The number of aryl methyl sites for hydroxylation is 1. The predicted octanol–water partition coefficient (Wildman–Crippen LogP) is 2.84. The lowest BCUT2D eigenvalue weighted by atomic mass is 10.00. The molecule has 5 heteroatoms. The molecule has 0 atom stereocenters. The Labute approximate surface area is 103 Å². The molecule has 1 aromatic heterocycles. The molecule has 1 heterocycles. The van der Waals surface area contributed by atoms with Gasteiger partial charge in [-0.1, -0.05) is 6.07 Å². The molecule has 2 rings (SSSR count). The zero-order valence-electron chi connectivity index (χ0n) is 9.62. The highest BCUT2D eigenvalue weighted by molar-refractivity contribution is 5.75. The average molecular weight is 239 g/mol. The molecule has 5 nitrogen and oxygen atoms in total. The summed E-state index contributed by atoms with van der Waals surface area (Å²) in [6, 6.07) is 10.0. The number of hydrogen-bond acceptors (Lipinski definition) is 4. The van der Waals surface area contributed by atoms with E-state index >= 15 is 0 Å². The van der Waals surface area contributed by atoms with Crippen molar-refractivity contribution in [2.45, 2.75) is 6.92 Å². The van der Waals surface area contributed by atoms with Crippen LogP contribution in [-0.4, -0.2) is 9.91 Å². The van der Waals surface area contributed by atoms with Crippen LogP contribution >= 0.6 is 0 Å². The van der Waals surface area contributed by atoms with E-state index in [1.807, 2.05) is 6.07 Å². The number of nitrogens with zero attached hydrogens (tertiary/aromatic N) is 3. The Bertz CT molecular complexity index is 645. The van der Waals surface area contributed by atoms with Gasteiger partial charge in [0.15, 0.2) is 0 Å². The summed E-state index contributed by atoms with van der Waals surface area (Å²) in [5, 5.41) is 19.9. The Morgan fingerprint density at radius 3 is 2.72 bits per heavy atom. The van der Waals surface area contributed by atoms with E-state index in [1.54, 1.807) is 37.4 Å². The van der Waals surface area contributed by atoms with Crippen LogP contribution < -0.4 is 0 Å². The topological polar surface area (TPSA) is 79.8 Å². The standard InChI is InChI=1S/C13H9N3O2/c1-9-6-10(8-14)7-12(16(17)18)13(9)11-4-2-3-5-15-11/h2-7H,1H3. The molecule has 0 aliphatic heterocycles. The van der Waals surface area contributed by atoms with Crippen molar-refractivity contribution in [1.29, 1.82) is 5.26 Å². The smallest absolute Gasteiger partial charge is 0.258 e. The van der Waals surface area contributed by atoms with Crippen molar-refractivity contribution in [2.75, 3.05) is 0 Å². The van der Waals surface area contributed by atoms with Crippen molar-refractivity contribution in [3.05, 3.63) is 57.8 Å². The van der Waals surface area contributed by atoms with Crippen LogP contribution in [0.2, 0.25) is 0 Å². The first-order chi connectivity index (χ1) is 8.63. The first kappa shape index (κ1) is 11.7. The quantitative estimate of drug-likeness (QED) is 0.596. The van der Waals surface area contributed by atoms with Crippen molar-refractivity contribution >= 4 is 5.69 Å². The van der Waals surface area contributed by atoms with Crippen LogP contribution in [0.15, 0.2) is 36.5 Å². The van der Waals surface area contributed by atoms with Gasteiger partial charge in [0.1, 0.15) is 0 Å². The van der Waals surface area contributed by atoms with Gasteiger partial charge >= 0.3 is 0 Å². The van der Waals surface area contributed by atoms with Crippen LogP contribution in [0.4, 0.5) is 5.69 Å². The highest BCUT2D eigenvalue weighted by Gasteiger charge is 2.19. The third-order valence-corrected chi connectivity index (χ3v) is 2.56. The fourth-order valence-electron chi connectivity index (χ4n) is 1.82. The molecular weight excluding hydrogens is 230 g/mol. The molecule has 0 unspecified atom stereocenters. The van der Waals surface area contributed by atoms with Gasteiger partial charge in [-0.2, -0.15) is 5.26 Å². The van der Waals surface area contributed by atoms with E-state index in [0.717, 1.165) is 0 Å². The number of nitriles is 1. The molecule has 0 fully saturated rings. The molecule has 1 aromatic carbocycles. The summed E-state index contributed by atoms with van der Waals surface area (Å²) in [4.78, 5) is 14.7. The van der Waals surface area contributed by atoms with Crippen LogP contribution in [0.3, 0.4) is 0 Å². The summed E-state index contributed by atoms with van der Waals surface area (Å²) in [6.07, 6.45) is 1.58. The molecule has 0 aliphatic carbocycles. The average Bonchev–Trinajstić information content (AvgIpc) is 2.38. The largest absolute Gasteiger partial charge is 0.280 e. The van der Waals surface area contributed by atoms with Gasteiger partial charge in [0, 0.05) is 12.3 Å². The Kier molecular flexibility index (Phi) is 3.02. The summed E-state index contributed by atoms with van der Waals surface area (Å²) in [5.41, 5.74) is 1.84. The number of aromatic nitrogens is 1. The first-order valence-corrected chi connectivity index (χ1v) is 5.24. The second-order valence-corrected chi connectivity index (χ2v) is 3.77. The van der Waals surface area contributed by atoms with Crippen molar-refractivity contribution in [1.82, 2.24) is 4.98 Å². The van der Waals surface area contributed by atoms with Gasteiger partial charge in [0.05, 0.1) is 27.8 Å². The lowest BCUT2D eigenvalue weighted by Crippen LogP contribution is -1.97. The molecule has 0 radical (unpaired) electrons. The van der Waals surface area contributed by atoms with Crippen LogP contribution in [0.5, 0.6) is 0 Å². The zero-order chi connectivity index (χ0) is 13.1. The molecule has 0 amide bonds. The van der Waals surface area contributed by atoms with E-state index in [4.69, 9.17) is 5.26 Å². The molecule has 18 heavy (non-hydrogen) atoms. The van der Waals surface area contributed by atoms with Crippen molar-refractivity contribution in [3.8, 4) is 17.3 Å². The summed E-state index contributed by atoms with van der Waals surface area (Å²) in [5.74, 6) is 0. The summed E-state index contributed by atoms with van der Waals surface area (Å²) >= 11 is 0. The minimum absolute atomic E-state index is 0.0924. The second kappa shape index (κ2) is 4.63. The lowest BCUT2D eigenvalue weighted by Gasteiger charge is -2.06. The minimum atomic E-state index is -0.488. The summed E-state index contributed by atoms with van der Waals surface area (Å²) < 4.78 is 0. The molecule has 0 saturated carbocycles. The SMILES string of the molecule is Cc1cc(C#N)cc([N+](=O)[O-])c1-c1ccccn1. The number of pyridine rings is 1. The van der Waals surface area contributed by atoms with Gasteiger partial charge in [-0.25, -0.2) is 0 Å². The highest BCUT2D eigenvalue weighted by atomic mass is 16.6. The Hall–Kier alpha value is -2.74. The van der Waals surface area contributed by atoms with E-state index in [1.165, 1.54) is 6.07 Å². The minimum Gasteiger partial charge on any atom is -0.258 e. The maximum absolute atomic E-state index is 11.1. The number of hydrogen-bond donors (Lipinski definition) is 0. The summed E-state index contributed by atoms with van der Waals surface area (Å²) in [7, 11) is 0. The predicted molar refractivity (Wildman–Crippen MR) is 65.8 cm³/mol. The molecule has 88 valence electrons. The zero-order valence-corrected chi connectivity index (χ0v) is 9.62. The fourth-order valence-corrected chi connectivity index (χ4v) is 1.82. The molecule has 0 aliphatic rings. The van der Waals surface area contributed by atoms with Crippen LogP contribution in [0, 0.1) is 28.4 Å². The molecule has 0 bridgehead atoms. The Morgan fingerprint density at radius 2 is 2.17 bits per heavy atom. The fraction of sp³-hybridized carbons (Fsp3) is 0.0769. The molecule has 2 aromatic rings. The van der Waals surface area contributed by atoms with E-state index in [9.17, 15) is 10.1 Å². The number of nitro groups is 1. The second-order valence-electron chi connectivity index (χ2n) is 3.77. The van der Waals surface area contributed by atoms with Crippen LogP contribution in [0.25, 0.3) is 11.3 Å². The van der Waals surface area contributed by atoms with E-state index < -0.39 is 4.92 Å². The normalized spacial score (nSPS) is 9.78. The maximum Gasteiger partial charge on any atom is 0.280 e. The third-order valence-electron chi connectivity index (χ3n) is 2.56. The van der Waals surface area contributed by atoms with Gasteiger partial charge in [-0.15, -0.1) is 0 Å². The number of rotatable bonds is 2. The Balaban J connectivity index is 2.75. The summed E-state index contributed by atoms with van der Waals surface area (Å²) in [6.45, 7) is 1.73. The monoisotopic (exact) mass is 239 g/mol. The maximum atomic E-state index is 11.1. The molecule has 0 saturated heterocycles. The van der Waals surface area contributed by atoms with Gasteiger partial charge in [0.2, 0.25) is 0 Å². The van der Waals surface area contributed by atoms with Crippen LogP contribution in [0.1, 0.15) is 11.1 Å². The first-order valence-electron chi connectivity index (χ1n) is 5.24. The van der Waals surface area contributed by atoms with Crippen molar-refractivity contribution in [3.63, 3.8) is 0 Å². The van der Waals surface area contributed by atoms with Crippen molar-refractivity contribution in [2.24, 2.45) is 0 Å². The van der Waals surface area contributed by atoms with Gasteiger partial charge in [-0.3, -0.25) is 15.1 Å². The van der Waals surface area contributed by atoms with E-state index in [2.05, 4.69) is 4.98 Å². The highest BCUT2D eigenvalue weighted by Crippen LogP contribution is 2.32. The van der Waals surface area contributed by atoms with Gasteiger partial charge in [-0.05, 0) is 30.7 Å². The lowest BCUT2D eigenvalue weighted by molar-refractivity contribution is -0.384. The van der Waals surface area contributed by atoms with Crippen molar-refractivity contribution < 1.29 is 4.92 Å². The van der Waals surface area contributed by atoms with E-state index in [0.29, 0.717) is 16.8 Å². The Morgan fingerprint density at radius 1 is 1.39 bits per heavy atom.